The van der Waals surface area contributed by atoms with Crippen LogP contribution >= 0.6 is 23.2 Å². The second-order valence-electron chi connectivity index (χ2n) is 5.74. The largest absolute Gasteiger partial charge is 0.370 e. The number of halogens is 2. The van der Waals surface area contributed by atoms with Crippen LogP contribution in [0.4, 0.5) is 0 Å². The third-order valence-corrected chi connectivity index (χ3v) is 4.38. The maximum absolute atomic E-state index is 12.3. The molecule has 0 fully saturated rings. The van der Waals surface area contributed by atoms with Gasteiger partial charge in [0.15, 0.2) is 5.96 Å². The van der Waals surface area contributed by atoms with Gasteiger partial charge in [-0.05, 0) is 24.1 Å². The molecule has 1 atom stereocenters. The van der Waals surface area contributed by atoms with Crippen molar-refractivity contribution < 1.29 is 4.79 Å². The van der Waals surface area contributed by atoms with E-state index >= 15 is 0 Å². The van der Waals surface area contributed by atoms with Gasteiger partial charge in [0.1, 0.15) is 6.04 Å². The van der Waals surface area contributed by atoms with Gasteiger partial charge in [-0.3, -0.25) is 4.79 Å². The molecule has 0 spiro atoms. The number of guanidine groups is 1. The number of amides is 1. The van der Waals surface area contributed by atoms with Crippen molar-refractivity contribution in [2.24, 2.45) is 16.5 Å². The molecule has 0 aliphatic carbocycles. The minimum Gasteiger partial charge on any atom is -0.370 e. The highest BCUT2D eigenvalue weighted by Crippen LogP contribution is 2.22. The van der Waals surface area contributed by atoms with Crippen molar-refractivity contribution in [1.82, 2.24) is 5.32 Å². The van der Waals surface area contributed by atoms with E-state index in [9.17, 15) is 4.79 Å². The Morgan fingerprint density at radius 3 is 2.50 bits per heavy atom. The lowest BCUT2D eigenvalue weighted by Gasteiger charge is -2.13. The third-order valence-electron chi connectivity index (χ3n) is 3.64. The average molecular weight is 373 g/mol. The van der Waals surface area contributed by atoms with Crippen molar-refractivity contribution in [3.05, 3.63) is 33.8 Å². The van der Waals surface area contributed by atoms with Gasteiger partial charge in [0.2, 0.25) is 5.91 Å². The normalized spacial score (nSPS) is 11.8. The van der Waals surface area contributed by atoms with Crippen molar-refractivity contribution in [3.63, 3.8) is 0 Å². The fourth-order valence-corrected chi connectivity index (χ4v) is 2.65. The molecule has 0 aliphatic heterocycles. The maximum Gasteiger partial charge on any atom is 0.245 e. The van der Waals surface area contributed by atoms with Crippen LogP contribution in [-0.4, -0.2) is 17.9 Å². The van der Waals surface area contributed by atoms with Gasteiger partial charge in [-0.1, -0.05) is 68.3 Å². The van der Waals surface area contributed by atoms with E-state index in [1.807, 2.05) is 6.07 Å². The summed E-state index contributed by atoms with van der Waals surface area (Å²) in [6, 6.07) is 4.69. The number of hydrogen-bond acceptors (Lipinski definition) is 2. The highest BCUT2D eigenvalue weighted by molar-refractivity contribution is 6.42. The number of nitrogens with zero attached hydrogens (tertiary/aromatic N) is 1. The molecule has 5 N–H and O–H groups in total. The van der Waals surface area contributed by atoms with E-state index < -0.39 is 6.04 Å². The summed E-state index contributed by atoms with van der Waals surface area (Å²) in [6.45, 7) is 2.51. The SMILES string of the molecule is CCCCCCCC(N=C(N)N)C(=O)NCc1ccc(Cl)c(Cl)c1. The van der Waals surface area contributed by atoms with E-state index in [2.05, 4.69) is 17.2 Å². The molecule has 5 nitrogen and oxygen atoms in total. The summed E-state index contributed by atoms with van der Waals surface area (Å²) in [7, 11) is 0. The first-order valence-corrected chi connectivity index (χ1v) is 9.00. The van der Waals surface area contributed by atoms with Crippen molar-refractivity contribution in [2.45, 2.75) is 58.0 Å². The van der Waals surface area contributed by atoms with E-state index in [0.717, 1.165) is 24.8 Å². The molecule has 1 rings (SSSR count). The first-order chi connectivity index (χ1) is 11.4. The molecule has 24 heavy (non-hydrogen) atoms. The Hall–Kier alpha value is -1.46. The molecule has 1 aromatic carbocycles. The number of carbonyl (C=O) groups is 1. The average Bonchev–Trinajstić information content (AvgIpc) is 2.54. The Morgan fingerprint density at radius 2 is 1.88 bits per heavy atom. The quantitative estimate of drug-likeness (QED) is 0.332. The molecule has 0 radical (unpaired) electrons. The second-order valence-corrected chi connectivity index (χ2v) is 6.55. The standard InChI is InChI=1S/C17H26Cl2N4O/c1-2-3-4-5-6-7-15(23-17(20)21)16(24)22-11-12-8-9-13(18)14(19)10-12/h8-10,15H,2-7,11H2,1H3,(H,22,24)(H4,20,21,23). The van der Waals surface area contributed by atoms with Crippen molar-refractivity contribution in [1.29, 1.82) is 0 Å². The van der Waals surface area contributed by atoms with Crippen LogP contribution < -0.4 is 16.8 Å². The van der Waals surface area contributed by atoms with Crippen LogP contribution in [0.2, 0.25) is 10.0 Å². The van der Waals surface area contributed by atoms with Gasteiger partial charge < -0.3 is 16.8 Å². The van der Waals surface area contributed by atoms with Crippen molar-refractivity contribution in [2.75, 3.05) is 0 Å². The highest BCUT2D eigenvalue weighted by Gasteiger charge is 2.17. The number of rotatable bonds is 10. The van der Waals surface area contributed by atoms with Crippen molar-refractivity contribution in [3.8, 4) is 0 Å². The molecule has 1 aromatic rings. The number of nitrogens with two attached hydrogens (primary N) is 2. The van der Waals surface area contributed by atoms with Crippen LogP contribution in [0, 0.1) is 0 Å². The second kappa shape index (κ2) is 11.2. The Morgan fingerprint density at radius 1 is 1.17 bits per heavy atom. The zero-order chi connectivity index (χ0) is 17.9. The lowest BCUT2D eigenvalue weighted by atomic mass is 10.1. The first-order valence-electron chi connectivity index (χ1n) is 8.24. The molecular formula is C17H26Cl2N4O. The van der Waals surface area contributed by atoms with E-state index in [4.69, 9.17) is 34.7 Å². The monoisotopic (exact) mass is 372 g/mol. The molecule has 7 heteroatoms. The summed E-state index contributed by atoms with van der Waals surface area (Å²) >= 11 is 11.9. The predicted molar refractivity (Wildman–Crippen MR) is 101 cm³/mol. The molecular weight excluding hydrogens is 347 g/mol. The smallest absolute Gasteiger partial charge is 0.245 e. The van der Waals surface area contributed by atoms with Gasteiger partial charge in [-0.15, -0.1) is 0 Å². The molecule has 0 aromatic heterocycles. The van der Waals surface area contributed by atoms with Gasteiger partial charge in [0.25, 0.3) is 0 Å². The zero-order valence-electron chi connectivity index (χ0n) is 14.0. The van der Waals surface area contributed by atoms with Gasteiger partial charge in [0.05, 0.1) is 10.0 Å². The van der Waals surface area contributed by atoms with Crippen LogP contribution in [0.5, 0.6) is 0 Å². The molecule has 0 aliphatic rings. The van der Waals surface area contributed by atoms with E-state index in [-0.39, 0.29) is 11.9 Å². The van der Waals surface area contributed by atoms with E-state index in [0.29, 0.717) is 23.0 Å². The summed E-state index contributed by atoms with van der Waals surface area (Å²) in [5.74, 6) is -0.261. The number of aliphatic imine (C=N–C) groups is 1. The van der Waals surface area contributed by atoms with Crippen LogP contribution in [0.3, 0.4) is 0 Å². The summed E-state index contributed by atoms with van der Waals surface area (Å²) < 4.78 is 0. The fraction of sp³-hybridized carbons (Fsp3) is 0.529. The molecule has 134 valence electrons. The Kier molecular flexibility index (Phi) is 9.57. The van der Waals surface area contributed by atoms with Crippen LogP contribution in [0.1, 0.15) is 51.0 Å². The summed E-state index contributed by atoms with van der Waals surface area (Å²) in [5, 5.41) is 3.79. The number of nitrogens with one attached hydrogen (secondary N) is 1. The minimum atomic E-state index is -0.556. The van der Waals surface area contributed by atoms with Crippen LogP contribution in [-0.2, 0) is 11.3 Å². The van der Waals surface area contributed by atoms with Gasteiger partial charge in [-0.25, -0.2) is 4.99 Å². The first kappa shape index (κ1) is 20.6. The molecule has 0 saturated heterocycles. The zero-order valence-corrected chi connectivity index (χ0v) is 15.5. The maximum atomic E-state index is 12.3. The number of carbonyl (C=O) groups excluding carboxylic acids is 1. The lowest BCUT2D eigenvalue weighted by Crippen LogP contribution is -2.36. The summed E-state index contributed by atoms with van der Waals surface area (Å²) in [4.78, 5) is 16.4. The van der Waals surface area contributed by atoms with Crippen LogP contribution in [0.15, 0.2) is 23.2 Å². The van der Waals surface area contributed by atoms with E-state index in [1.54, 1.807) is 12.1 Å². The van der Waals surface area contributed by atoms with Crippen molar-refractivity contribution >= 4 is 35.1 Å². The fourth-order valence-electron chi connectivity index (χ4n) is 2.33. The molecule has 1 amide bonds. The molecule has 1 unspecified atom stereocenters. The third kappa shape index (κ3) is 7.88. The number of hydrogen-bond donors (Lipinski definition) is 3. The molecule has 0 bridgehead atoms. The Labute approximate surface area is 153 Å². The minimum absolute atomic E-state index is 0.0711. The summed E-state index contributed by atoms with van der Waals surface area (Å²) in [5.41, 5.74) is 11.7. The highest BCUT2D eigenvalue weighted by atomic mass is 35.5. The Bertz CT molecular complexity index is 560. The van der Waals surface area contributed by atoms with Crippen LogP contribution in [0.25, 0.3) is 0 Å². The number of benzene rings is 1. The van der Waals surface area contributed by atoms with Gasteiger partial charge in [0, 0.05) is 6.54 Å². The topological polar surface area (TPSA) is 93.5 Å². The molecule has 0 saturated carbocycles. The van der Waals surface area contributed by atoms with Gasteiger partial charge >= 0.3 is 0 Å². The van der Waals surface area contributed by atoms with Gasteiger partial charge in [-0.2, -0.15) is 0 Å². The Balaban J connectivity index is 2.54. The predicted octanol–water partition coefficient (Wildman–Crippen LogP) is 3.61. The number of unbranched alkanes of at least 4 members (excludes halogenated alkanes) is 4. The van der Waals surface area contributed by atoms with E-state index in [1.165, 1.54) is 12.8 Å². The lowest BCUT2D eigenvalue weighted by molar-refractivity contribution is -0.122. The summed E-state index contributed by atoms with van der Waals surface area (Å²) in [6.07, 6.45) is 6.18. The molecule has 0 heterocycles.